The van der Waals surface area contributed by atoms with Crippen LogP contribution in [0, 0.1) is 0 Å². The van der Waals surface area contributed by atoms with Crippen molar-refractivity contribution in [3.8, 4) is 0 Å². The van der Waals surface area contributed by atoms with Gasteiger partial charge in [-0.15, -0.1) is 11.8 Å². The molecule has 1 nitrogen and oxygen atoms in total. The number of benzene rings is 1. The number of carbonyl (C=O) groups is 1. The van der Waals surface area contributed by atoms with E-state index in [-0.39, 0.29) is 5.78 Å². The standard InChI is InChI=1S/C14H18OSSi/c1-17(2,3)14-10-12(15)9-13(16-14)11-7-5-4-6-8-11/h4-8,10,13H,9H2,1-3H3. The van der Waals surface area contributed by atoms with Gasteiger partial charge in [0.25, 0.3) is 0 Å². The molecule has 2 rings (SSSR count). The zero-order chi connectivity index (χ0) is 12.5. The van der Waals surface area contributed by atoms with E-state index < -0.39 is 8.07 Å². The number of allylic oxidation sites excluding steroid dienone is 1. The summed E-state index contributed by atoms with van der Waals surface area (Å²) < 4.78 is 1.34. The number of hydrogen-bond donors (Lipinski definition) is 0. The van der Waals surface area contributed by atoms with Crippen LogP contribution in [0.3, 0.4) is 0 Å². The first-order chi connectivity index (χ1) is 7.97. The maximum atomic E-state index is 11.8. The van der Waals surface area contributed by atoms with E-state index in [1.54, 1.807) is 0 Å². The van der Waals surface area contributed by atoms with Gasteiger partial charge in [-0.05, 0) is 16.2 Å². The van der Waals surface area contributed by atoms with Gasteiger partial charge in [0.05, 0.1) is 8.07 Å². The van der Waals surface area contributed by atoms with Gasteiger partial charge >= 0.3 is 0 Å². The van der Waals surface area contributed by atoms with Gasteiger partial charge in [0.2, 0.25) is 0 Å². The minimum absolute atomic E-state index is 0.287. The number of ketones is 1. The normalized spacial score (nSPS) is 21.2. The average molecular weight is 262 g/mol. The van der Waals surface area contributed by atoms with Gasteiger partial charge in [0.1, 0.15) is 0 Å². The predicted molar refractivity (Wildman–Crippen MR) is 77.8 cm³/mol. The second-order valence-corrected chi connectivity index (χ2v) is 12.1. The van der Waals surface area contributed by atoms with Crippen LogP contribution in [0.5, 0.6) is 0 Å². The summed E-state index contributed by atoms with van der Waals surface area (Å²) in [4.78, 5) is 11.8. The van der Waals surface area contributed by atoms with Gasteiger partial charge in [0.15, 0.2) is 5.78 Å². The third kappa shape index (κ3) is 3.10. The van der Waals surface area contributed by atoms with Crippen LogP contribution in [0.1, 0.15) is 17.2 Å². The van der Waals surface area contributed by atoms with Crippen LogP contribution in [0.2, 0.25) is 19.6 Å². The van der Waals surface area contributed by atoms with Crippen LogP contribution in [-0.2, 0) is 4.79 Å². The lowest BCUT2D eigenvalue weighted by Gasteiger charge is -2.28. The SMILES string of the molecule is C[Si](C)(C)C1=CC(=O)CC(c2ccccc2)S1. The summed E-state index contributed by atoms with van der Waals surface area (Å²) in [5.41, 5.74) is 1.27. The second kappa shape index (κ2) is 4.82. The Balaban J connectivity index is 2.25. The molecule has 1 atom stereocenters. The molecule has 0 saturated heterocycles. The van der Waals surface area contributed by atoms with Crippen molar-refractivity contribution in [1.82, 2.24) is 0 Å². The summed E-state index contributed by atoms with van der Waals surface area (Å²) in [5.74, 6) is 0.287. The maximum Gasteiger partial charge on any atom is 0.157 e. The Labute approximate surface area is 108 Å². The van der Waals surface area contributed by atoms with E-state index in [1.807, 2.05) is 36.0 Å². The van der Waals surface area contributed by atoms with Crippen molar-refractivity contribution in [2.45, 2.75) is 31.3 Å². The number of rotatable bonds is 2. The molecule has 0 bridgehead atoms. The van der Waals surface area contributed by atoms with E-state index in [0.29, 0.717) is 11.7 Å². The van der Waals surface area contributed by atoms with Crippen LogP contribution in [0.4, 0.5) is 0 Å². The van der Waals surface area contributed by atoms with Gasteiger partial charge < -0.3 is 0 Å². The monoisotopic (exact) mass is 262 g/mol. The Bertz CT molecular complexity index is 445. The zero-order valence-corrected chi connectivity index (χ0v) is 12.4. The van der Waals surface area contributed by atoms with Crippen LogP contribution in [0.25, 0.3) is 0 Å². The van der Waals surface area contributed by atoms with Crippen molar-refractivity contribution in [3.05, 3.63) is 46.5 Å². The van der Waals surface area contributed by atoms with E-state index in [4.69, 9.17) is 0 Å². The Hall–Kier alpha value is -0.803. The summed E-state index contributed by atoms with van der Waals surface area (Å²) in [6.45, 7) is 6.89. The van der Waals surface area contributed by atoms with Gasteiger partial charge in [-0.25, -0.2) is 0 Å². The van der Waals surface area contributed by atoms with E-state index in [0.717, 1.165) is 0 Å². The summed E-state index contributed by atoms with van der Waals surface area (Å²) in [6, 6.07) is 10.4. The molecule has 1 aromatic carbocycles. The molecule has 0 aromatic heterocycles. The van der Waals surface area contributed by atoms with E-state index in [2.05, 4.69) is 31.8 Å². The van der Waals surface area contributed by atoms with Crippen molar-refractivity contribution in [1.29, 1.82) is 0 Å². The predicted octanol–water partition coefficient (Wildman–Crippen LogP) is 4.20. The quantitative estimate of drug-likeness (QED) is 0.743. The third-order valence-corrected chi connectivity index (χ3v) is 7.77. The van der Waals surface area contributed by atoms with E-state index >= 15 is 0 Å². The largest absolute Gasteiger partial charge is 0.295 e. The van der Waals surface area contributed by atoms with Gasteiger partial charge in [0, 0.05) is 11.7 Å². The highest BCUT2D eigenvalue weighted by Gasteiger charge is 2.29. The van der Waals surface area contributed by atoms with Crippen molar-refractivity contribution in [2.75, 3.05) is 0 Å². The van der Waals surface area contributed by atoms with Crippen molar-refractivity contribution < 1.29 is 4.79 Å². The number of carbonyl (C=O) groups excluding carboxylic acids is 1. The topological polar surface area (TPSA) is 17.1 Å². The Morgan fingerprint density at radius 2 is 1.82 bits per heavy atom. The molecule has 3 heteroatoms. The molecule has 1 aliphatic rings. The zero-order valence-electron chi connectivity index (χ0n) is 10.6. The molecule has 0 spiro atoms. The molecule has 1 aliphatic heterocycles. The molecule has 0 amide bonds. The number of thioether (sulfide) groups is 1. The molecule has 1 aromatic rings. The Kier molecular flexibility index (Phi) is 3.59. The van der Waals surface area contributed by atoms with Crippen LogP contribution in [-0.4, -0.2) is 13.9 Å². The lowest BCUT2D eigenvalue weighted by molar-refractivity contribution is -0.114. The molecule has 0 fully saturated rings. The third-order valence-electron chi connectivity index (χ3n) is 2.86. The molecule has 90 valence electrons. The summed E-state index contributed by atoms with van der Waals surface area (Å²) in [6.07, 6.45) is 2.53. The number of hydrogen-bond acceptors (Lipinski definition) is 2. The van der Waals surface area contributed by atoms with Crippen LogP contribution < -0.4 is 0 Å². The lowest BCUT2D eigenvalue weighted by Crippen LogP contribution is -2.26. The maximum absolute atomic E-state index is 11.8. The fourth-order valence-corrected chi connectivity index (χ4v) is 5.35. The molecule has 1 unspecified atom stereocenters. The fourth-order valence-electron chi connectivity index (χ4n) is 1.86. The molecule has 0 saturated carbocycles. The van der Waals surface area contributed by atoms with Crippen molar-refractivity contribution in [3.63, 3.8) is 0 Å². The van der Waals surface area contributed by atoms with Crippen LogP contribution >= 0.6 is 11.8 Å². The van der Waals surface area contributed by atoms with Crippen LogP contribution in [0.15, 0.2) is 40.9 Å². The van der Waals surface area contributed by atoms with E-state index in [9.17, 15) is 4.79 Å². The molecular weight excluding hydrogens is 244 g/mol. The molecule has 1 heterocycles. The minimum atomic E-state index is -1.37. The van der Waals surface area contributed by atoms with Gasteiger partial charge in [-0.3, -0.25) is 4.79 Å². The highest BCUT2D eigenvalue weighted by Crippen LogP contribution is 2.44. The average Bonchev–Trinajstić information content (AvgIpc) is 2.28. The molecule has 17 heavy (non-hydrogen) atoms. The summed E-state index contributed by atoms with van der Waals surface area (Å²) >= 11 is 1.90. The summed E-state index contributed by atoms with van der Waals surface area (Å²) in [7, 11) is -1.37. The molecule has 0 N–H and O–H groups in total. The highest BCUT2D eigenvalue weighted by molar-refractivity contribution is 8.05. The first-order valence-corrected chi connectivity index (χ1v) is 10.3. The smallest absolute Gasteiger partial charge is 0.157 e. The highest BCUT2D eigenvalue weighted by atomic mass is 32.2. The first-order valence-electron chi connectivity index (χ1n) is 5.93. The van der Waals surface area contributed by atoms with Crippen molar-refractivity contribution in [2.24, 2.45) is 0 Å². The fraction of sp³-hybridized carbons (Fsp3) is 0.357. The molecule has 0 radical (unpaired) electrons. The van der Waals surface area contributed by atoms with Crippen molar-refractivity contribution >= 4 is 25.6 Å². The lowest BCUT2D eigenvalue weighted by atomic mass is 10.1. The van der Waals surface area contributed by atoms with Gasteiger partial charge in [-0.2, -0.15) is 0 Å². The Morgan fingerprint density at radius 3 is 2.41 bits per heavy atom. The summed E-state index contributed by atoms with van der Waals surface area (Å²) in [5, 5.41) is 0.315. The minimum Gasteiger partial charge on any atom is -0.295 e. The second-order valence-electron chi connectivity index (χ2n) is 5.45. The van der Waals surface area contributed by atoms with Gasteiger partial charge in [-0.1, -0.05) is 50.0 Å². The van der Waals surface area contributed by atoms with E-state index in [1.165, 1.54) is 10.1 Å². The molecular formula is C14H18OSSi. The molecule has 0 aliphatic carbocycles. The first kappa shape index (κ1) is 12.6. The Morgan fingerprint density at radius 1 is 1.18 bits per heavy atom.